The summed E-state index contributed by atoms with van der Waals surface area (Å²) < 4.78 is 13.4. The molecule has 0 spiro atoms. The van der Waals surface area contributed by atoms with Gasteiger partial charge in [-0.25, -0.2) is 0 Å². The van der Waals surface area contributed by atoms with E-state index in [2.05, 4.69) is 52.3 Å². The van der Waals surface area contributed by atoms with Gasteiger partial charge in [0.05, 0.1) is 6.67 Å². The summed E-state index contributed by atoms with van der Waals surface area (Å²) in [6.07, 6.45) is 18.8. The van der Waals surface area contributed by atoms with Gasteiger partial charge in [-0.05, 0) is 99.2 Å². The first-order chi connectivity index (χ1) is 12.7. The molecule has 0 aromatic heterocycles. The van der Waals surface area contributed by atoms with Gasteiger partial charge in [-0.15, -0.1) is 0 Å². The molecule has 0 radical (unpaired) electrons. The molecule has 1 aromatic rings. The van der Waals surface area contributed by atoms with Crippen molar-refractivity contribution in [3.05, 3.63) is 46.5 Å². The predicted octanol–water partition coefficient (Wildman–Crippen LogP) is 8.23. The van der Waals surface area contributed by atoms with Crippen molar-refractivity contribution < 1.29 is 4.39 Å². The van der Waals surface area contributed by atoms with Crippen molar-refractivity contribution >= 4 is 15.9 Å². The zero-order valence-corrected chi connectivity index (χ0v) is 17.6. The maximum atomic E-state index is 12.2. The average molecular weight is 421 g/mol. The zero-order valence-electron chi connectivity index (χ0n) is 16.0. The van der Waals surface area contributed by atoms with Crippen LogP contribution in [0.2, 0.25) is 0 Å². The highest BCUT2D eigenvalue weighted by atomic mass is 79.9. The largest absolute Gasteiger partial charge is 0.251 e. The van der Waals surface area contributed by atoms with E-state index in [1.54, 1.807) is 0 Å². The Bertz CT molecular complexity index is 534. The van der Waals surface area contributed by atoms with Crippen LogP contribution in [0, 0.1) is 17.8 Å². The lowest BCUT2D eigenvalue weighted by atomic mass is 9.74. The van der Waals surface area contributed by atoms with E-state index in [4.69, 9.17) is 0 Å². The summed E-state index contributed by atoms with van der Waals surface area (Å²) in [5.74, 6) is 3.42. The second kappa shape index (κ2) is 10.6. The van der Waals surface area contributed by atoms with Crippen LogP contribution < -0.4 is 0 Å². The highest BCUT2D eigenvalue weighted by Crippen LogP contribution is 2.40. The fourth-order valence-corrected chi connectivity index (χ4v) is 5.28. The van der Waals surface area contributed by atoms with Crippen LogP contribution in [0.15, 0.2) is 40.9 Å². The molecule has 0 heterocycles. The Hall–Kier alpha value is -0.630. The van der Waals surface area contributed by atoms with Crippen molar-refractivity contribution in [2.24, 2.45) is 17.8 Å². The highest BCUT2D eigenvalue weighted by molar-refractivity contribution is 9.10. The van der Waals surface area contributed by atoms with Gasteiger partial charge in [0, 0.05) is 4.47 Å². The fraction of sp³-hybridized carbons (Fsp3) is 0.667. The molecular weight excluding hydrogens is 387 g/mol. The molecular formula is C24H34BrF. The van der Waals surface area contributed by atoms with Crippen LogP contribution in [0.3, 0.4) is 0 Å². The molecule has 0 nitrogen and oxygen atoms in total. The van der Waals surface area contributed by atoms with Crippen LogP contribution in [0.25, 0.3) is 0 Å². The second-order valence-corrected chi connectivity index (χ2v) is 9.45. The minimum Gasteiger partial charge on any atom is -0.251 e. The van der Waals surface area contributed by atoms with Crippen molar-refractivity contribution in [2.45, 2.75) is 76.5 Å². The summed E-state index contributed by atoms with van der Waals surface area (Å²) in [5.41, 5.74) is 1.53. The highest BCUT2D eigenvalue weighted by Gasteiger charge is 2.24. The van der Waals surface area contributed by atoms with Gasteiger partial charge in [-0.2, -0.15) is 0 Å². The molecule has 0 bridgehead atoms. The summed E-state index contributed by atoms with van der Waals surface area (Å²) in [6.45, 7) is -0.212. The SMILES string of the molecule is FCC/C=C/[C@H]1CC[C@H](CC[C@H]2CC[C@H](c3ccc(Br)cc3)CC2)CC1. The van der Waals surface area contributed by atoms with Crippen LogP contribution in [-0.4, -0.2) is 6.67 Å². The molecule has 0 saturated heterocycles. The van der Waals surface area contributed by atoms with Crippen molar-refractivity contribution in [1.29, 1.82) is 0 Å². The fourth-order valence-electron chi connectivity index (χ4n) is 5.01. The first kappa shape index (κ1) is 20.1. The summed E-state index contributed by atoms with van der Waals surface area (Å²) in [4.78, 5) is 0. The molecule has 0 atom stereocenters. The summed E-state index contributed by atoms with van der Waals surface area (Å²) >= 11 is 3.54. The van der Waals surface area contributed by atoms with Crippen molar-refractivity contribution in [1.82, 2.24) is 0 Å². The Morgan fingerprint density at radius 2 is 1.42 bits per heavy atom. The molecule has 2 aliphatic rings. The Labute approximate surface area is 167 Å². The number of hydrogen-bond acceptors (Lipinski definition) is 0. The number of benzene rings is 1. The molecule has 26 heavy (non-hydrogen) atoms. The van der Waals surface area contributed by atoms with Gasteiger partial charge in [-0.3, -0.25) is 4.39 Å². The predicted molar refractivity (Wildman–Crippen MR) is 113 cm³/mol. The van der Waals surface area contributed by atoms with E-state index < -0.39 is 0 Å². The van der Waals surface area contributed by atoms with E-state index in [0.29, 0.717) is 6.42 Å². The lowest BCUT2D eigenvalue weighted by molar-refractivity contribution is 0.246. The third-order valence-electron chi connectivity index (χ3n) is 6.75. The maximum Gasteiger partial charge on any atom is 0.0928 e. The van der Waals surface area contributed by atoms with Gasteiger partial charge in [-0.1, -0.05) is 53.1 Å². The maximum absolute atomic E-state index is 12.2. The monoisotopic (exact) mass is 420 g/mol. The number of alkyl halides is 1. The number of allylic oxidation sites excluding steroid dienone is 2. The number of rotatable bonds is 7. The molecule has 0 N–H and O–H groups in total. The molecule has 3 rings (SSSR count). The quantitative estimate of drug-likeness (QED) is 0.389. The van der Waals surface area contributed by atoms with E-state index >= 15 is 0 Å². The van der Waals surface area contributed by atoms with Crippen LogP contribution >= 0.6 is 15.9 Å². The van der Waals surface area contributed by atoms with Crippen LogP contribution in [0.4, 0.5) is 4.39 Å². The lowest BCUT2D eigenvalue weighted by Gasteiger charge is -2.31. The smallest absolute Gasteiger partial charge is 0.0928 e. The van der Waals surface area contributed by atoms with Crippen LogP contribution in [-0.2, 0) is 0 Å². The standard InChI is InChI=1S/C24H34BrF/c25-24-16-14-23(15-17-24)22-12-10-21(11-13-22)9-8-20-6-4-19(5-7-20)3-1-2-18-26/h1,3,14-17,19-22H,2,4-13,18H2/b3-1+/t19-,20-,21-,22-. The lowest BCUT2D eigenvalue weighted by Crippen LogP contribution is -2.17. The Kier molecular flexibility index (Phi) is 8.23. The average Bonchev–Trinajstić information content (AvgIpc) is 2.69. The Balaban J connectivity index is 1.32. The molecule has 0 unspecified atom stereocenters. The Morgan fingerprint density at radius 3 is 2.00 bits per heavy atom. The van der Waals surface area contributed by atoms with Gasteiger partial charge < -0.3 is 0 Å². The molecule has 144 valence electrons. The molecule has 0 aliphatic heterocycles. The van der Waals surface area contributed by atoms with Crippen molar-refractivity contribution in [3.8, 4) is 0 Å². The van der Waals surface area contributed by atoms with E-state index in [-0.39, 0.29) is 6.67 Å². The molecule has 1 aromatic carbocycles. The summed E-state index contributed by atoms with van der Waals surface area (Å²) in [5, 5.41) is 0. The summed E-state index contributed by atoms with van der Waals surface area (Å²) in [6, 6.07) is 8.97. The Morgan fingerprint density at radius 1 is 0.846 bits per heavy atom. The first-order valence-electron chi connectivity index (χ1n) is 10.7. The van der Waals surface area contributed by atoms with Crippen molar-refractivity contribution in [3.63, 3.8) is 0 Å². The second-order valence-electron chi connectivity index (χ2n) is 8.53. The van der Waals surface area contributed by atoms with Gasteiger partial charge in [0.1, 0.15) is 0 Å². The van der Waals surface area contributed by atoms with Gasteiger partial charge in [0.25, 0.3) is 0 Å². The first-order valence-corrected chi connectivity index (χ1v) is 11.5. The minimum absolute atomic E-state index is 0.212. The van der Waals surface area contributed by atoms with E-state index in [1.807, 2.05) is 0 Å². The minimum atomic E-state index is -0.212. The van der Waals surface area contributed by atoms with Crippen molar-refractivity contribution in [2.75, 3.05) is 6.67 Å². The van der Waals surface area contributed by atoms with E-state index in [9.17, 15) is 4.39 Å². The van der Waals surface area contributed by atoms with Crippen LogP contribution in [0.5, 0.6) is 0 Å². The molecule has 2 saturated carbocycles. The normalized spacial score (nSPS) is 29.9. The van der Waals surface area contributed by atoms with E-state index in [1.165, 1.54) is 74.2 Å². The summed E-state index contributed by atoms with van der Waals surface area (Å²) in [7, 11) is 0. The zero-order chi connectivity index (χ0) is 18.2. The van der Waals surface area contributed by atoms with Gasteiger partial charge >= 0.3 is 0 Å². The molecule has 2 aliphatic carbocycles. The van der Waals surface area contributed by atoms with Crippen LogP contribution in [0.1, 0.15) is 82.1 Å². The number of halogens is 2. The number of hydrogen-bond donors (Lipinski definition) is 0. The topological polar surface area (TPSA) is 0 Å². The molecule has 2 fully saturated rings. The third kappa shape index (κ3) is 6.22. The third-order valence-corrected chi connectivity index (χ3v) is 7.28. The molecule has 2 heteroatoms. The molecule has 0 amide bonds. The van der Waals surface area contributed by atoms with E-state index in [0.717, 1.165) is 23.7 Å². The van der Waals surface area contributed by atoms with Gasteiger partial charge in [0.15, 0.2) is 0 Å². The van der Waals surface area contributed by atoms with Gasteiger partial charge in [0.2, 0.25) is 0 Å².